The molecule has 664 valence electrons. The van der Waals surface area contributed by atoms with Crippen LogP contribution < -0.4 is 25.8 Å². The molecule has 11 aromatic rings. The highest BCUT2D eigenvalue weighted by atomic mass is 19.1. The number of carboxylic acids is 1. The van der Waals surface area contributed by atoms with Crippen molar-refractivity contribution in [3.8, 4) is 90.3 Å². The van der Waals surface area contributed by atoms with Crippen molar-refractivity contribution in [2.45, 2.75) is 159 Å². The number of carbonyl (C=O) groups is 3. The summed E-state index contributed by atoms with van der Waals surface area (Å²) in [7, 11) is 10.3. The zero-order valence-corrected chi connectivity index (χ0v) is 73.0. The standard InChI is InChI=1S/C35H41N3O4.C31H32N2O4.C27H33N3O5.C4H11NO.CH3F.2CH4/c1-23(2)29-20-30(31(18-24(29)3)41-22-25-10-7-6-8-11-25)34-32(33(37-42-34)35(39)36-15-9-17-40-5)27-12-13-28-21-38(4)16-14-26(28)19-27;1-19(2)25-16-26(27(14-20(25)3)36-18-21-8-6-5-7-9-21)30-28(29(31(34)35)32-37-30)23-10-11-24-17-33(4)13-12-22(24)15-23;1-16(2)20-13-21(23(32)14-22(20)31)26-24(25(29-35-26)27(33)28-9-5-11-34-4)18-6-7-19-15-30(3)10-8-17(19)12-18;1-6-4-2-3-5;1-2;;/h6-8,10-13,18-20,23H,9,14-17,21-22H2,1-5H3,(H,36,39);5-11,14-16,19H,12-13,17-18H2,1-4H3,(H,34,35);6-7,12-14,16,31-32H,5,8-11,15H2,1-4H3,(H,28,33);2-5H2,1H3;1H3;2*1H4/i;;;;1D;;. The number of nitrogens with two attached hydrogens (primary N) is 1. The lowest BCUT2D eigenvalue weighted by Gasteiger charge is -2.25. The Hall–Kier alpha value is -11.4. The molecule has 8 aromatic carbocycles. The maximum Gasteiger partial charge on any atom is 0.358 e. The molecule has 24 heteroatoms. The number of benzene rings is 8. The fourth-order valence-electron chi connectivity index (χ4n) is 15.4. The van der Waals surface area contributed by atoms with E-state index in [-0.39, 0.29) is 67.1 Å². The highest BCUT2D eigenvalue weighted by Crippen LogP contribution is 2.48. The fourth-order valence-corrected chi connectivity index (χ4v) is 15.4. The normalized spacial score (nSPS) is 13.0. The van der Waals surface area contributed by atoms with Gasteiger partial charge in [-0.2, -0.15) is 0 Å². The zero-order valence-electron chi connectivity index (χ0n) is 74.0. The number of hydrogen-bond acceptors (Lipinski definition) is 20. The quantitative estimate of drug-likeness (QED) is 0.0237. The number of phenolic OH excluding ortho intramolecular Hbond substituents is 2. The molecule has 0 saturated heterocycles. The van der Waals surface area contributed by atoms with Crippen molar-refractivity contribution in [1.82, 2.24) is 40.8 Å². The van der Waals surface area contributed by atoms with Gasteiger partial charge in [0, 0.05) is 99.6 Å². The van der Waals surface area contributed by atoms with E-state index in [4.69, 9.17) is 44.4 Å². The van der Waals surface area contributed by atoms with Crippen LogP contribution in [-0.2, 0) is 66.3 Å². The average molecular weight is 1700 g/mol. The van der Waals surface area contributed by atoms with Gasteiger partial charge in [-0.25, -0.2) is 4.79 Å². The number of aromatic nitrogens is 3. The van der Waals surface area contributed by atoms with Gasteiger partial charge in [-0.05, 0) is 217 Å². The molecule has 6 heterocycles. The van der Waals surface area contributed by atoms with Crippen LogP contribution in [0.3, 0.4) is 0 Å². The molecule has 2 amide bonds. The second-order valence-electron chi connectivity index (χ2n) is 32.1. The minimum atomic E-state index is -1.12. The van der Waals surface area contributed by atoms with Gasteiger partial charge >= 0.3 is 5.97 Å². The predicted molar refractivity (Wildman–Crippen MR) is 490 cm³/mol. The summed E-state index contributed by atoms with van der Waals surface area (Å²) in [4.78, 5) is 45.7. The van der Waals surface area contributed by atoms with Gasteiger partial charge in [-0.3, -0.25) is 14.0 Å². The molecule has 7 N–H and O–H groups in total. The monoisotopic (exact) mass is 1700 g/mol. The number of amides is 2. The van der Waals surface area contributed by atoms with Crippen LogP contribution in [0.1, 0.15) is 199 Å². The summed E-state index contributed by atoms with van der Waals surface area (Å²) in [6.45, 7) is 26.6. The van der Waals surface area contributed by atoms with Crippen LogP contribution in [0, 0.1) is 13.8 Å². The van der Waals surface area contributed by atoms with Crippen LogP contribution in [0.15, 0.2) is 165 Å². The molecule has 0 spiro atoms. The van der Waals surface area contributed by atoms with Gasteiger partial charge in [0.15, 0.2) is 34.4 Å². The lowest BCUT2D eigenvalue weighted by atomic mass is 9.90. The number of aryl methyl sites for hydroxylation is 2. The van der Waals surface area contributed by atoms with E-state index in [2.05, 4.69) is 164 Å². The molecule has 0 atom stereocenters. The highest BCUT2D eigenvalue weighted by molar-refractivity contribution is 6.04. The largest absolute Gasteiger partial charge is 0.508 e. The molecule has 3 aromatic heterocycles. The first-order valence-corrected chi connectivity index (χ1v) is 41.7. The Labute approximate surface area is 732 Å². The maximum atomic E-state index is 13.5. The van der Waals surface area contributed by atoms with E-state index < -0.39 is 13.1 Å². The van der Waals surface area contributed by atoms with Crippen molar-refractivity contribution in [3.05, 3.63) is 241 Å². The summed E-state index contributed by atoms with van der Waals surface area (Å²) in [5.74, 6) is 1.29. The van der Waals surface area contributed by atoms with E-state index >= 15 is 0 Å². The molecule has 3 aliphatic heterocycles. The molecule has 3 aliphatic rings. The molecule has 0 bridgehead atoms. The van der Waals surface area contributed by atoms with Crippen molar-refractivity contribution in [2.75, 3.05) is 109 Å². The number of ether oxygens (including phenoxy) is 5. The highest BCUT2D eigenvalue weighted by Gasteiger charge is 2.33. The van der Waals surface area contributed by atoms with E-state index in [1.165, 1.54) is 45.0 Å². The maximum absolute atomic E-state index is 13.5. The fraction of sp³-hybridized carbons (Fsp3) is 0.400. The van der Waals surface area contributed by atoms with Gasteiger partial charge in [0.1, 0.15) is 36.2 Å². The number of carboxylic acid groups (broad SMARTS) is 1. The Balaban J connectivity index is 0.000000220. The minimum absolute atomic E-state index is 0. The van der Waals surface area contributed by atoms with Crippen LogP contribution in [0.4, 0.5) is 4.39 Å². The minimum Gasteiger partial charge on any atom is -0.508 e. The molecule has 0 radical (unpaired) electrons. The number of nitrogens with one attached hydrogen (secondary N) is 2. The molecule has 14 rings (SSSR count). The molecular formula is C100H128FN9O14. The average Bonchev–Trinajstić information content (AvgIpc) is 1.65. The van der Waals surface area contributed by atoms with Crippen molar-refractivity contribution in [1.29, 1.82) is 0 Å². The van der Waals surface area contributed by atoms with Crippen LogP contribution in [0.25, 0.3) is 67.4 Å². The first-order chi connectivity index (χ1) is 59.3. The molecule has 23 nitrogen and oxygen atoms in total. The molecule has 0 unspecified atom stereocenters. The summed E-state index contributed by atoms with van der Waals surface area (Å²) < 4.78 is 60.8. The molecule has 124 heavy (non-hydrogen) atoms. The summed E-state index contributed by atoms with van der Waals surface area (Å²) in [5.41, 5.74) is 26.5. The molecule has 0 fully saturated rings. The molecule has 0 aliphatic carbocycles. The number of hydrogen-bond donors (Lipinski definition) is 6. The third-order valence-electron chi connectivity index (χ3n) is 21.9. The zero-order chi connectivity index (χ0) is 88.4. The lowest BCUT2D eigenvalue weighted by molar-refractivity contribution is 0.0685. The first kappa shape index (κ1) is 96.5. The number of aromatic hydroxyl groups is 2. The van der Waals surface area contributed by atoms with Crippen LogP contribution in [0.2, 0.25) is 0 Å². The topological polar surface area (TPSA) is 296 Å². The van der Waals surface area contributed by atoms with Crippen LogP contribution in [-0.4, -0.2) is 172 Å². The number of rotatable bonds is 29. The molecular weight excluding hydrogens is 1570 g/mol. The number of halogens is 1. The summed E-state index contributed by atoms with van der Waals surface area (Å²) in [5, 5.41) is 49.4. The van der Waals surface area contributed by atoms with Crippen molar-refractivity contribution < 1.29 is 72.7 Å². The first-order valence-electron chi connectivity index (χ1n) is 42.4. The smallest absolute Gasteiger partial charge is 0.358 e. The number of phenols is 2. The number of likely N-dealkylation sites (N-methyl/N-ethyl adjacent to an activating group) is 3. The molecule has 0 saturated carbocycles. The predicted octanol–water partition coefficient (Wildman–Crippen LogP) is 19.6. The van der Waals surface area contributed by atoms with Crippen LogP contribution >= 0.6 is 0 Å². The lowest BCUT2D eigenvalue weighted by Crippen LogP contribution is -2.27. The van der Waals surface area contributed by atoms with E-state index in [1.54, 1.807) is 27.4 Å². The SMILES string of the molecule is C.C.COCCCN.COCCCNC(=O)c1noc(-c2cc(C(C)C)c(C)cc2OCc2ccccc2)c1-c1ccc2c(c1)CCN(C)C2.COCCCNC(=O)c1noc(-c2cc(C(C)C)c(O)cc2O)c1-c1ccc2c(c1)CCN(C)C2.Cc1cc(OCc2ccccc2)c(-c2onc(C(=O)O)c2-c2ccc3c(c2)CCN(C)C3)cc1C(C)C.[2H]CF. The van der Waals surface area contributed by atoms with Gasteiger partial charge in [0.2, 0.25) is 0 Å². The number of fused-ring (bicyclic) bond motifs is 3. The summed E-state index contributed by atoms with van der Waals surface area (Å²) in [6.07, 6.45) is 5.12. The van der Waals surface area contributed by atoms with Crippen LogP contribution in [0.5, 0.6) is 23.0 Å². The second kappa shape index (κ2) is 47.5. The van der Waals surface area contributed by atoms with E-state index in [9.17, 15) is 34.1 Å². The third-order valence-corrected chi connectivity index (χ3v) is 21.9. The van der Waals surface area contributed by atoms with Gasteiger partial charge in [0.25, 0.3) is 11.8 Å². The summed E-state index contributed by atoms with van der Waals surface area (Å²) >= 11 is 0. The Morgan fingerprint density at radius 3 is 1.18 bits per heavy atom. The Morgan fingerprint density at radius 1 is 0.484 bits per heavy atom. The van der Waals surface area contributed by atoms with Crippen molar-refractivity contribution >= 4 is 17.8 Å². The van der Waals surface area contributed by atoms with Crippen molar-refractivity contribution in [2.24, 2.45) is 5.73 Å². The number of aromatic carboxylic acids is 1. The van der Waals surface area contributed by atoms with E-state index in [0.29, 0.717) is 120 Å². The van der Waals surface area contributed by atoms with Gasteiger partial charge in [-0.15, -0.1) is 0 Å². The van der Waals surface area contributed by atoms with Gasteiger partial charge in [0.05, 0.1) is 41.9 Å². The number of alkyl halides is 1. The number of methoxy groups -OCH3 is 3. The van der Waals surface area contributed by atoms with Gasteiger partial charge < -0.3 is 83.6 Å². The van der Waals surface area contributed by atoms with Crippen molar-refractivity contribution in [3.63, 3.8) is 0 Å². The Morgan fingerprint density at radius 2 is 0.831 bits per heavy atom. The van der Waals surface area contributed by atoms with E-state index in [1.807, 2.05) is 92.7 Å². The number of nitrogens with zero attached hydrogens (tertiary/aromatic N) is 6. The third kappa shape index (κ3) is 25.0. The van der Waals surface area contributed by atoms with E-state index in [0.717, 1.165) is 128 Å². The second-order valence-corrected chi connectivity index (χ2v) is 32.1. The number of carbonyl (C=O) groups excluding carboxylic acids is 2. The summed E-state index contributed by atoms with van der Waals surface area (Å²) in [6, 6.07) is 50.1. The Kier molecular flexibility index (Phi) is 37.0. The Bertz CT molecular complexity index is 5320. The van der Waals surface area contributed by atoms with Gasteiger partial charge in [-0.1, -0.05) is 187 Å².